The lowest BCUT2D eigenvalue weighted by atomic mass is 10.2. The molecule has 0 spiro atoms. The molecule has 130 valence electrons. The van der Waals surface area contributed by atoms with Gasteiger partial charge in [0.25, 0.3) is 0 Å². The highest BCUT2D eigenvalue weighted by Crippen LogP contribution is 2.25. The summed E-state index contributed by atoms with van der Waals surface area (Å²) in [6.45, 7) is 5.30. The maximum absolute atomic E-state index is 5.36. The standard InChI is InChI=1S/C19H23N5O/c1-14-18(21-15(2)22-19(14)25-4)23(3)13-17-20-10-11-24(17)12-16-8-6-5-7-9-16/h5-11H,12-13H2,1-4H3. The zero-order valence-corrected chi connectivity index (χ0v) is 15.1. The van der Waals surface area contributed by atoms with Gasteiger partial charge in [0.05, 0.1) is 19.2 Å². The molecule has 6 heteroatoms. The van der Waals surface area contributed by atoms with Crippen molar-refractivity contribution < 1.29 is 4.74 Å². The summed E-state index contributed by atoms with van der Waals surface area (Å²) in [6, 6.07) is 10.4. The number of anilines is 1. The molecule has 0 aliphatic carbocycles. The lowest BCUT2D eigenvalue weighted by Crippen LogP contribution is -2.22. The summed E-state index contributed by atoms with van der Waals surface area (Å²) < 4.78 is 7.52. The summed E-state index contributed by atoms with van der Waals surface area (Å²) in [7, 11) is 3.64. The van der Waals surface area contributed by atoms with Crippen molar-refractivity contribution in [1.29, 1.82) is 0 Å². The summed E-state index contributed by atoms with van der Waals surface area (Å²) in [5.74, 6) is 3.15. The molecule has 2 heterocycles. The molecule has 0 bridgehead atoms. The highest BCUT2D eigenvalue weighted by Gasteiger charge is 2.15. The second-order valence-corrected chi connectivity index (χ2v) is 6.04. The SMILES string of the molecule is COc1nc(C)nc(N(C)Cc2nccn2Cc2ccccc2)c1C. The first-order chi connectivity index (χ1) is 12.1. The maximum Gasteiger partial charge on any atom is 0.221 e. The molecule has 2 aromatic heterocycles. The fourth-order valence-electron chi connectivity index (χ4n) is 2.86. The van der Waals surface area contributed by atoms with Crippen LogP contribution in [0.15, 0.2) is 42.7 Å². The highest BCUT2D eigenvalue weighted by molar-refractivity contribution is 5.50. The molecule has 1 aromatic carbocycles. The third-order valence-corrected chi connectivity index (χ3v) is 4.12. The van der Waals surface area contributed by atoms with Gasteiger partial charge < -0.3 is 14.2 Å². The Bertz CT molecular complexity index is 844. The average molecular weight is 337 g/mol. The molecule has 0 N–H and O–H groups in total. The van der Waals surface area contributed by atoms with E-state index in [1.807, 2.05) is 39.4 Å². The number of ether oxygens (including phenoxy) is 1. The Labute approximate surface area is 148 Å². The van der Waals surface area contributed by atoms with Crippen LogP contribution in [0.5, 0.6) is 5.88 Å². The Morgan fingerprint density at radius 2 is 1.88 bits per heavy atom. The largest absolute Gasteiger partial charge is 0.481 e. The van der Waals surface area contributed by atoms with Crippen LogP contribution in [0.1, 0.15) is 22.8 Å². The molecule has 0 radical (unpaired) electrons. The Morgan fingerprint density at radius 3 is 2.60 bits per heavy atom. The van der Waals surface area contributed by atoms with Crippen molar-refractivity contribution in [3.63, 3.8) is 0 Å². The number of methoxy groups -OCH3 is 1. The van der Waals surface area contributed by atoms with E-state index in [2.05, 4.69) is 48.7 Å². The lowest BCUT2D eigenvalue weighted by molar-refractivity contribution is 0.392. The van der Waals surface area contributed by atoms with E-state index in [0.717, 1.165) is 23.8 Å². The topological polar surface area (TPSA) is 56.1 Å². The van der Waals surface area contributed by atoms with Gasteiger partial charge in [0, 0.05) is 26.0 Å². The molecule has 0 amide bonds. The Kier molecular flexibility index (Phi) is 4.97. The number of aromatic nitrogens is 4. The minimum Gasteiger partial charge on any atom is -0.481 e. The van der Waals surface area contributed by atoms with E-state index in [1.165, 1.54) is 5.56 Å². The molecule has 3 rings (SSSR count). The van der Waals surface area contributed by atoms with Crippen molar-refractivity contribution in [3.05, 3.63) is 65.5 Å². The van der Waals surface area contributed by atoms with Crippen LogP contribution in [-0.4, -0.2) is 33.7 Å². The maximum atomic E-state index is 5.36. The fourth-order valence-corrected chi connectivity index (χ4v) is 2.86. The highest BCUT2D eigenvalue weighted by atomic mass is 16.5. The molecule has 0 unspecified atom stereocenters. The molecule has 0 fully saturated rings. The Morgan fingerprint density at radius 1 is 1.12 bits per heavy atom. The van der Waals surface area contributed by atoms with Gasteiger partial charge in [-0.05, 0) is 19.4 Å². The number of aryl methyl sites for hydroxylation is 1. The van der Waals surface area contributed by atoms with Crippen molar-refractivity contribution in [2.75, 3.05) is 19.1 Å². The minimum atomic E-state index is 0.613. The van der Waals surface area contributed by atoms with E-state index in [-0.39, 0.29) is 0 Å². The van der Waals surface area contributed by atoms with Crippen LogP contribution in [0.25, 0.3) is 0 Å². The summed E-state index contributed by atoms with van der Waals surface area (Å²) in [4.78, 5) is 15.5. The van der Waals surface area contributed by atoms with Gasteiger partial charge in [-0.3, -0.25) is 0 Å². The summed E-state index contributed by atoms with van der Waals surface area (Å²) in [5.41, 5.74) is 2.18. The third-order valence-electron chi connectivity index (χ3n) is 4.12. The zero-order chi connectivity index (χ0) is 17.8. The van der Waals surface area contributed by atoms with Crippen LogP contribution in [0, 0.1) is 13.8 Å². The minimum absolute atomic E-state index is 0.613. The van der Waals surface area contributed by atoms with Crippen LogP contribution in [0.2, 0.25) is 0 Å². The molecule has 3 aromatic rings. The molecular weight excluding hydrogens is 314 g/mol. The summed E-state index contributed by atoms with van der Waals surface area (Å²) in [5, 5.41) is 0. The Hall–Kier alpha value is -2.89. The van der Waals surface area contributed by atoms with E-state index in [0.29, 0.717) is 18.2 Å². The first-order valence-electron chi connectivity index (χ1n) is 8.22. The van der Waals surface area contributed by atoms with E-state index in [9.17, 15) is 0 Å². The Balaban J connectivity index is 1.82. The van der Waals surface area contributed by atoms with E-state index in [1.54, 1.807) is 7.11 Å². The smallest absolute Gasteiger partial charge is 0.221 e. The van der Waals surface area contributed by atoms with Crippen LogP contribution in [0.4, 0.5) is 5.82 Å². The van der Waals surface area contributed by atoms with Crippen LogP contribution < -0.4 is 9.64 Å². The predicted octanol–water partition coefficient (Wildman–Crippen LogP) is 2.98. The number of imidazole rings is 1. The van der Waals surface area contributed by atoms with Gasteiger partial charge in [0.15, 0.2) is 0 Å². The van der Waals surface area contributed by atoms with Gasteiger partial charge in [-0.25, -0.2) is 9.97 Å². The van der Waals surface area contributed by atoms with E-state index < -0.39 is 0 Å². The van der Waals surface area contributed by atoms with E-state index >= 15 is 0 Å². The average Bonchev–Trinajstić information content (AvgIpc) is 3.04. The molecule has 25 heavy (non-hydrogen) atoms. The number of benzene rings is 1. The molecule has 0 saturated carbocycles. The van der Waals surface area contributed by atoms with Gasteiger partial charge in [0.1, 0.15) is 17.5 Å². The van der Waals surface area contributed by atoms with Gasteiger partial charge in [-0.15, -0.1) is 0 Å². The van der Waals surface area contributed by atoms with Crippen molar-refractivity contribution >= 4 is 5.82 Å². The number of rotatable bonds is 6. The predicted molar refractivity (Wildman–Crippen MR) is 97.9 cm³/mol. The summed E-state index contributed by atoms with van der Waals surface area (Å²) >= 11 is 0. The summed E-state index contributed by atoms with van der Waals surface area (Å²) in [6.07, 6.45) is 3.85. The van der Waals surface area contributed by atoms with Crippen molar-refractivity contribution in [2.24, 2.45) is 0 Å². The molecule has 0 aliphatic heterocycles. The fraction of sp³-hybridized carbons (Fsp3) is 0.316. The number of hydrogen-bond donors (Lipinski definition) is 0. The van der Waals surface area contributed by atoms with Crippen molar-refractivity contribution in [3.8, 4) is 5.88 Å². The first-order valence-corrected chi connectivity index (χ1v) is 8.22. The van der Waals surface area contributed by atoms with Crippen LogP contribution in [-0.2, 0) is 13.1 Å². The van der Waals surface area contributed by atoms with Crippen molar-refractivity contribution in [1.82, 2.24) is 19.5 Å². The molecule has 0 atom stereocenters. The van der Waals surface area contributed by atoms with E-state index in [4.69, 9.17) is 4.74 Å². The molecule has 6 nitrogen and oxygen atoms in total. The second kappa shape index (κ2) is 7.34. The number of nitrogens with zero attached hydrogens (tertiary/aromatic N) is 5. The molecular formula is C19H23N5O. The van der Waals surface area contributed by atoms with Crippen LogP contribution in [0.3, 0.4) is 0 Å². The van der Waals surface area contributed by atoms with Gasteiger partial charge >= 0.3 is 0 Å². The zero-order valence-electron chi connectivity index (χ0n) is 15.1. The number of hydrogen-bond acceptors (Lipinski definition) is 5. The first kappa shape index (κ1) is 17.0. The molecule has 0 aliphatic rings. The van der Waals surface area contributed by atoms with Crippen molar-refractivity contribution in [2.45, 2.75) is 26.9 Å². The van der Waals surface area contributed by atoms with Crippen LogP contribution >= 0.6 is 0 Å². The van der Waals surface area contributed by atoms with Gasteiger partial charge in [0.2, 0.25) is 5.88 Å². The molecule has 0 saturated heterocycles. The lowest BCUT2D eigenvalue weighted by Gasteiger charge is -2.21. The van der Waals surface area contributed by atoms with Gasteiger partial charge in [-0.1, -0.05) is 30.3 Å². The second-order valence-electron chi connectivity index (χ2n) is 6.04. The monoisotopic (exact) mass is 337 g/mol. The quantitative estimate of drug-likeness (QED) is 0.692. The van der Waals surface area contributed by atoms with Gasteiger partial charge in [-0.2, -0.15) is 4.98 Å². The normalized spacial score (nSPS) is 10.7. The third kappa shape index (κ3) is 3.79.